The van der Waals surface area contributed by atoms with E-state index in [9.17, 15) is 9.59 Å². The molecule has 2 heterocycles. The van der Waals surface area contributed by atoms with E-state index in [0.717, 1.165) is 16.8 Å². The molecule has 0 saturated carbocycles. The molecule has 188 valence electrons. The summed E-state index contributed by atoms with van der Waals surface area (Å²) in [4.78, 5) is 29.9. The summed E-state index contributed by atoms with van der Waals surface area (Å²) in [5.74, 6) is -0.0833. The summed E-state index contributed by atoms with van der Waals surface area (Å²) in [6.45, 7) is 2.04. The maximum Gasteiger partial charge on any atom is 0.262 e. The number of amides is 2. The van der Waals surface area contributed by atoms with Gasteiger partial charge in [-0.1, -0.05) is 77.5 Å². The lowest BCUT2D eigenvalue weighted by molar-refractivity contribution is -0.121. The van der Waals surface area contributed by atoms with Gasteiger partial charge in [-0.2, -0.15) is 10.1 Å². The second-order valence-corrected chi connectivity index (χ2v) is 10.4. The van der Waals surface area contributed by atoms with Gasteiger partial charge >= 0.3 is 0 Å². The summed E-state index contributed by atoms with van der Waals surface area (Å²) >= 11 is 7.56. The number of carbonyl (C=O) groups excluding carboxylic acids is 2. The smallest absolute Gasteiger partial charge is 0.262 e. The van der Waals surface area contributed by atoms with Gasteiger partial charge in [0.2, 0.25) is 5.91 Å². The number of anilines is 1. The van der Waals surface area contributed by atoms with E-state index < -0.39 is 5.25 Å². The molecule has 5 rings (SSSR count). The molecule has 3 aromatic rings. The Morgan fingerprint density at radius 1 is 1.14 bits per heavy atom. The number of amidine groups is 1. The highest BCUT2D eigenvalue weighted by atomic mass is 35.5. The molecule has 0 unspecified atom stereocenters. The zero-order valence-electron chi connectivity index (χ0n) is 20.3. The minimum atomic E-state index is -0.636. The second kappa shape index (κ2) is 10.8. The SMILES string of the molecule is COc1ccccc1NC(=O)C[C@H]1SC(N2N=C(c3ccc(C)cc3)C[C@H]2c2cccc(Cl)c2)=NC1=O. The Morgan fingerprint density at radius 3 is 2.68 bits per heavy atom. The molecule has 0 fully saturated rings. The fourth-order valence-corrected chi connectivity index (χ4v) is 5.56. The molecule has 0 bridgehead atoms. The summed E-state index contributed by atoms with van der Waals surface area (Å²) in [5, 5.41) is 9.98. The third kappa shape index (κ3) is 5.55. The number of rotatable bonds is 6. The van der Waals surface area contributed by atoms with Gasteiger partial charge in [0, 0.05) is 17.9 Å². The number of thioether (sulfide) groups is 1. The van der Waals surface area contributed by atoms with E-state index in [-0.39, 0.29) is 24.3 Å². The van der Waals surface area contributed by atoms with E-state index >= 15 is 0 Å². The van der Waals surface area contributed by atoms with Gasteiger partial charge in [-0.15, -0.1) is 0 Å². The molecule has 37 heavy (non-hydrogen) atoms. The van der Waals surface area contributed by atoms with Crippen molar-refractivity contribution in [3.8, 4) is 5.75 Å². The van der Waals surface area contributed by atoms with Crippen LogP contribution in [0.4, 0.5) is 5.69 Å². The van der Waals surface area contributed by atoms with E-state index in [1.165, 1.54) is 17.3 Å². The lowest BCUT2D eigenvalue weighted by Crippen LogP contribution is -2.25. The minimum absolute atomic E-state index is 0.0151. The number of nitrogens with one attached hydrogen (secondary N) is 1. The van der Waals surface area contributed by atoms with Crippen molar-refractivity contribution in [2.45, 2.75) is 31.1 Å². The van der Waals surface area contributed by atoms with Crippen molar-refractivity contribution in [3.63, 3.8) is 0 Å². The quantitative estimate of drug-likeness (QED) is 0.431. The van der Waals surface area contributed by atoms with Crippen LogP contribution in [-0.4, -0.2) is 40.1 Å². The fourth-order valence-electron chi connectivity index (χ4n) is 4.30. The van der Waals surface area contributed by atoms with Gasteiger partial charge in [0.15, 0.2) is 5.17 Å². The van der Waals surface area contributed by atoms with Crippen LogP contribution in [-0.2, 0) is 9.59 Å². The van der Waals surface area contributed by atoms with Crippen LogP contribution >= 0.6 is 23.4 Å². The molecule has 0 saturated heterocycles. The van der Waals surface area contributed by atoms with Crippen molar-refractivity contribution in [1.29, 1.82) is 0 Å². The average Bonchev–Trinajstić information content (AvgIpc) is 3.49. The Labute approximate surface area is 224 Å². The van der Waals surface area contributed by atoms with Gasteiger partial charge in [0.1, 0.15) is 11.0 Å². The van der Waals surface area contributed by atoms with Crippen LogP contribution in [0, 0.1) is 6.92 Å². The molecule has 2 atom stereocenters. The number of hydrazone groups is 1. The third-order valence-electron chi connectivity index (χ3n) is 6.21. The lowest BCUT2D eigenvalue weighted by atomic mass is 9.98. The Morgan fingerprint density at radius 2 is 1.92 bits per heavy atom. The van der Waals surface area contributed by atoms with E-state index in [2.05, 4.69) is 22.4 Å². The molecule has 9 heteroatoms. The van der Waals surface area contributed by atoms with E-state index in [0.29, 0.717) is 28.0 Å². The molecule has 1 N–H and O–H groups in total. The van der Waals surface area contributed by atoms with Crippen LogP contribution in [0.25, 0.3) is 0 Å². The summed E-state index contributed by atoms with van der Waals surface area (Å²) in [5.41, 5.74) is 4.62. The number of methoxy groups -OCH3 is 1. The van der Waals surface area contributed by atoms with Gasteiger partial charge in [-0.25, -0.2) is 5.01 Å². The first-order chi connectivity index (χ1) is 17.9. The van der Waals surface area contributed by atoms with Gasteiger partial charge in [-0.3, -0.25) is 9.59 Å². The molecule has 0 aromatic heterocycles. The number of hydrogen-bond acceptors (Lipinski definition) is 6. The van der Waals surface area contributed by atoms with Crippen molar-refractivity contribution in [1.82, 2.24) is 5.01 Å². The van der Waals surface area contributed by atoms with Crippen molar-refractivity contribution in [2.75, 3.05) is 12.4 Å². The minimum Gasteiger partial charge on any atom is -0.495 e. The molecule has 2 amide bonds. The molecular formula is C28H25ClN4O3S. The van der Waals surface area contributed by atoms with E-state index in [1.807, 2.05) is 55.5 Å². The highest BCUT2D eigenvalue weighted by Gasteiger charge is 2.39. The highest BCUT2D eigenvalue weighted by molar-refractivity contribution is 8.15. The van der Waals surface area contributed by atoms with Crippen molar-refractivity contribution >= 4 is 51.7 Å². The number of ether oxygens (including phenoxy) is 1. The average molecular weight is 533 g/mol. The number of aryl methyl sites for hydroxylation is 1. The van der Waals surface area contributed by atoms with Gasteiger partial charge < -0.3 is 10.1 Å². The number of aliphatic imine (C=N–C) groups is 1. The number of hydrogen-bond donors (Lipinski definition) is 1. The lowest BCUT2D eigenvalue weighted by Gasteiger charge is -2.23. The zero-order valence-corrected chi connectivity index (χ0v) is 21.9. The summed E-state index contributed by atoms with van der Waals surface area (Å²) < 4.78 is 5.30. The monoisotopic (exact) mass is 532 g/mol. The first kappa shape index (κ1) is 25.0. The zero-order chi connectivity index (χ0) is 25.9. The maximum atomic E-state index is 12.8. The topological polar surface area (TPSA) is 83.4 Å². The summed E-state index contributed by atoms with van der Waals surface area (Å²) in [6.07, 6.45) is 0.620. The molecule has 2 aliphatic heterocycles. The number of para-hydroxylation sites is 2. The molecule has 2 aliphatic rings. The van der Waals surface area contributed by atoms with Crippen LogP contribution in [0.1, 0.15) is 35.6 Å². The maximum absolute atomic E-state index is 12.8. The highest BCUT2D eigenvalue weighted by Crippen LogP contribution is 2.39. The van der Waals surface area contributed by atoms with Crippen LogP contribution in [0.2, 0.25) is 5.02 Å². The molecule has 0 radical (unpaired) electrons. The number of benzene rings is 3. The van der Waals surface area contributed by atoms with E-state index in [1.54, 1.807) is 24.3 Å². The van der Waals surface area contributed by atoms with Crippen molar-refractivity contribution < 1.29 is 14.3 Å². The molecule has 0 spiro atoms. The first-order valence-corrected chi connectivity index (χ1v) is 13.1. The fraction of sp³-hybridized carbons (Fsp3) is 0.214. The van der Waals surface area contributed by atoms with Crippen molar-refractivity contribution in [2.24, 2.45) is 10.1 Å². The number of halogens is 1. The standard InChI is InChI=1S/C28H25ClN4O3S/c1-17-10-12-18(13-11-17)22-15-23(19-6-5-7-20(29)14-19)33(32-22)28-31-27(35)25(37-28)16-26(34)30-21-8-3-4-9-24(21)36-2/h3-14,23,25H,15-16H2,1-2H3,(H,30,34)/t23-,25+/m0/s1. The first-order valence-electron chi connectivity index (χ1n) is 11.8. The Hall–Kier alpha value is -3.62. The van der Waals surface area contributed by atoms with Crippen molar-refractivity contribution in [3.05, 3.63) is 94.5 Å². The number of carbonyl (C=O) groups is 2. The largest absolute Gasteiger partial charge is 0.495 e. The third-order valence-corrected chi connectivity index (χ3v) is 7.58. The van der Waals surface area contributed by atoms with Gasteiger partial charge in [-0.05, 0) is 42.3 Å². The molecular weight excluding hydrogens is 508 g/mol. The Bertz CT molecular complexity index is 1410. The second-order valence-electron chi connectivity index (χ2n) is 8.82. The predicted molar refractivity (Wildman–Crippen MR) is 148 cm³/mol. The van der Waals surface area contributed by atoms with Gasteiger partial charge in [0.25, 0.3) is 5.91 Å². The number of nitrogens with zero attached hydrogens (tertiary/aromatic N) is 3. The molecule has 0 aliphatic carbocycles. The van der Waals surface area contributed by atoms with Crippen LogP contribution in [0.15, 0.2) is 82.9 Å². The van der Waals surface area contributed by atoms with Crippen LogP contribution in [0.3, 0.4) is 0 Å². The van der Waals surface area contributed by atoms with Crippen LogP contribution < -0.4 is 10.1 Å². The summed E-state index contributed by atoms with van der Waals surface area (Å²) in [6, 6.07) is 22.8. The van der Waals surface area contributed by atoms with Crippen LogP contribution in [0.5, 0.6) is 5.75 Å². The normalized spacial score (nSPS) is 19.0. The molecule has 3 aromatic carbocycles. The predicted octanol–water partition coefficient (Wildman–Crippen LogP) is 5.83. The Balaban J connectivity index is 1.35. The Kier molecular flexibility index (Phi) is 7.30. The van der Waals surface area contributed by atoms with E-state index in [4.69, 9.17) is 21.4 Å². The summed E-state index contributed by atoms with van der Waals surface area (Å²) in [7, 11) is 1.54. The van der Waals surface area contributed by atoms with Gasteiger partial charge in [0.05, 0.1) is 24.6 Å². The molecule has 7 nitrogen and oxygen atoms in total.